The molecule has 21 heavy (non-hydrogen) atoms. The summed E-state index contributed by atoms with van der Waals surface area (Å²) in [5.41, 5.74) is 0.832. The third-order valence-corrected chi connectivity index (χ3v) is 4.89. The summed E-state index contributed by atoms with van der Waals surface area (Å²) in [5, 5.41) is 0. The summed E-state index contributed by atoms with van der Waals surface area (Å²) >= 11 is 15.5. The van der Waals surface area contributed by atoms with Crippen LogP contribution in [-0.4, -0.2) is 11.8 Å². The van der Waals surface area contributed by atoms with E-state index in [9.17, 15) is 8.78 Å². The van der Waals surface area contributed by atoms with Crippen molar-refractivity contribution in [1.29, 1.82) is 0 Å². The molecule has 2 rings (SSSR count). The van der Waals surface area contributed by atoms with E-state index in [1.165, 1.54) is 24.3 Å². The minimum atomic E-state index is -0.640. The van der Waals surface area contributed by atoms with E-state index in [1.54, 1.807) is 12.1 Å². The van der Waals surface area contributed by atoms with Gasteiger partial charge in [0.05, 0.1) is 0 Å². The van der Waals surface area contributed by atoms with E-state index in [0.717, 1.165) is 5.56 Å². The quantitative estimate of drug-likeness (QED) is 0.572. The highest BCUT2D eigenvalue weighted by Gasteiger charge is 2.31. The van der Waals surface area contributed by atoms with E-state index in [4.69, 9.17) is 23.2 Å². The fourth-order valence-corrected chi connectivity index (χ4v) is 3.60. The summed E-state index contributed by atoms with van der Waals surface area (Å²) in [4.78, 5) is 0. The number of halogens is 5. The van der Waals surface area contributed by atoms with E-state index in [-0.39, 0.29) is 23.4 Å². The third kappa shape index (κ3) is 3.97. The molecule has 0 N–H and O–H groups in total. The van der Waals surface area contributed by atoms with Gasteiger partial charge in [-0.25, -0.2) is 8.78 Å². The zero-order chi connectivity index (χ0) is 15.5. The highest BCUT2D eigenvalue weighted by molar-refractivity contribution is 9.10. The van der Waals surface area contributed by atoms with Crippen molar-refractivity contribution in [2.75, 3.05) is 11.8 Å². The van der Waals surface area contributed by atoms with Gasteiger partial charge in [0.1, 0.15) is 11.6 Å². The summed E-state index contributed by atoms with van der Waals surface area (Å²) in [6.45, 7) is 0. The molecule has 0 fully saturated rings. The van der Waals surface area contributed by atoms with Gasteiger partial charge in [-0.1, -0.05) is 28.1 Å². The third-order valence-electron chi connectivity index (χ3n) is 3.41. The highest BCUT2D eigenvalue weighted by Crippen LogP contribution is 2.33. The Hall–Kier alpha value is -0.640. The molecule has 2 aromatic carbocycles. The Kier molecular flexibility index (Phi) is 5.64. The Balaban J connectivity index is 2.42. The molecule has 0 aliphatic heterocycles. The van der Waals surface area contributed by atoms with Crippen LogP contribution >= 0.6 is 39.1 Å². The van der Waals surface area contributed by atoms with E-state index in [1.807, 2.05) is 6.07 Å². The fraction of sp³-hybridized carbons (Fsp3) is 0.250. The van der Waals surface area contributed by atoms with Crippen LogP contribution in [0.25, 0.3) is 0 Å². The SMILES string of the molecule is Fc1cc(Br)cc(CC(CCl)(CCl)c2cccc(F)c2)c1. The second-order valence-electron chi connectivity index (χ2n) is 5.01. The molecule has 0 atom stereocenters. The smallest absolute Gasteiger partial charge is 0.124 e. The Labute approximate surface area is 141 Å². The van der Waals surface area contributed by atoms with Crippen LogP contribution in [0.1, 0.15) is 11.1 Å². The van der Waals surface area contributed by atoms with Crippen molar-refractivity contribution < 1.29 is 8.78 Å². The minimum absolute atomic E-state index is 0.216. The summed E-state index contributed by atoms with van der Waals surface area (Å²) < 4.78 is 27.7. The molecule has 0 nitrogen and oxygen atoms in total. The van der Waals surface area contributed by atoms with E-state index < -0.39 is 5.41 Å². The van der Waals surface area contributed by atoms with Crippen LogP contribution in [0.15, 0.2) is 46.9 Å². The molecule has 0 unspecified atom stereocenters. The predicted octanol–water partition coefficient (Wildman–Crippen LogP) is 5.69. The van der Waals surface area contributed by atoms with Crippen LogP contribution in [-0.2, 0) is 11.8 Å². The molecule has 2 aromatic rings. The first-order valence-corrected chi connectivity index (χ1v) is 8.18. The van der Waals surface area contributed by atoms with Crippen LogP contribution in [0.2, 0.25) is 0 Å². The predicted molar refractivity (Wildman–Crippen MR) is 87.3 cm³/mol. The van der Waals surface area contributed by atoms with Gasteiger partial charge < -0.3 is 0 Å². The molecule has 0 amide bonds. The standard InChI is InChI=1S/C16H13BrCl2F2/c17-13-4-11(5-15(21)7-13)8-16(9-18,10-19)12-2-1-3-14(20)6-12/h1-7H,8-10H2. The first kappa shape index (κ1) is 16.7. The minimum Gasteiger partial charge on any atom is -0.207 e. The lowest BCUT2D eigenvalue weighted by Crippen LogP contribution is -2.33. The van der Waals surface area contributed by atoms with Gasteiger partial charge in [-0.2, -0.15) is 0 Å². The van der Waals surface area contributed by atoms with Crippen LogP contribution in [0, 0.1) is 11.6 Å². The number of benzene rings is 2. The number of alkyl halides is 2. The molecule has 0 heterocycles. The Bertz CT molecular complexity index is 607. The van der Waals surface area contributed by atoms with Crippen molar-refractivity contribution in [3.05, 3.63) is 69.7 Å². The second-order valence-corrected chi connectivity index (χ2v) is 6.46. The van der Waals surface area contributed by atoms with Crippen LogP contribution in [0.5, 0.6) is 0 Å². The van der Waals surface area contributed by atoms with Crippen molar-refractivity contribution in [3.63, 3.8) is 0 Å². The Morgan fingerprint density at radius 3 is 2.24 bits per heavy atom. The van der Waals surface area contributed by atoms with Crippen molar-refractivity contribution in [3.8, 4) is 0 Å². The molecular weight excluding hydrogens is 381 g/mol. The van der Waals surface area contributed by atoms with E-state index in [0.29, 0.717) is 16.5 Å². The normalized spacial score (nSPS) is 11.7. The molecule has 112 valence electrons. The Morgan fingerprint density at radius 2 is 1.67 bits per heavy atom. The first-order valence-electron chi connectivity index (χ1n) is 6.32. The van der Waals surface area contributed by atoms with Crippen molar-refractivity contribution in [2.45, 2.75) is 11.8 Å². The Morgan fingerprint density at radius 1 is 0.952 bits per heavy atom. The molecule has 5 heteroatoms. The van der Waals surface area contributed by atoms with Gasteiger partial charge in [-0.15, -0.1) is 23.2 Å². The molecule has 0 bridgehead atoms. The second kappa shape index (κ2) is 7.08. The van der Waals surface area contributed by atoms with Gasteiger partial charge in [0.2, 0.25) is 0 Å². The monoisotopic (exact) mass is 392 g/mol. The topological polar surface area (TPSA) is 0 Å². The van der Waals surface area contributed by atoms with Gasteiger partial charge in [0, 0.05) is 21.6 Å². The number of rotatable bonds is 5. The average Bonchev–Trinajstić information content (AvgIpc) is 2.44. The van der Waals surface area contributed by atoms with Crippen LogP contribution in [0.3, 0.4) is 0 Å². The van der Waals surface area contributed by atoms with Crippen molar-refractivity contribution in [2.24, 2.45) is 0 Å². The summed E-state index contributed by atoms with van der Waals surface area (Å²) in [5.74, 6) is -0.244. The molecule has 0 saturated carbocycles. The fourth-order valence-electron chi connectivity index (χ4n) is 2.31. The van der Waals surface area contributed by atoms with Crippen molar-refractivity contribution in [1.82, 2.24) is 0 Å². The van der Waals surface area contributed by atoms with Crippen molar-refractivity contribution >= 4 is 39.1 Å². The van der Waals surface area contributed by atoms with Crippen LogP contribution < -0.4 is 0 Å². The van der Waals surface area contributed by atoms with E-state index in [2.05, 4.69) is 15.9 Å². The summed E-state index contributed by atoms with van der Waals surface area (Å²) in [6.07, 6.45) is 0.430. The maximum atomic E-state index is 13.5. The van der Waals surface area contributed by atoms with Gasteiger partial charge in [-0.3, -0.25) is 0 Å². The number of hydrogen-bond donors (Lipinski definition) is 0. The largest absolute Gasteiger partial charge is 0.207 e. The van der Waals surface area contributed by atoms with Gasteiger partial charge in [-0.05, 0) is 47.9 Å². The molecule has 0 aliphatic rings. The van der Waals surface area contributed by atoms with Gasteiger partial charge in [0.15, 0.2) is 0 Å². The molecule has 0 aromatic heterocycles. The maximum absolute atomic E-state index is 13.5. The van der Waals surface area contributed by atoms with Gasteiger partial charge >= 0.3 is 0 Å². The molecule has 0 spiro atoms. The maximum Gasteiger partial charge on any atom is 0.124 e. The van der Waals surface area contributed by atoms with Gasteiger partial charge in [0.25, 0.3) is 0 Å². The first-order chi connectivity index (χ1) is 9.99. The summed E-state index contributed by atoms with van der Waals surface area (Å²) in [7, 11) is 0. The average molecular weight is 394 g/mol. The van der Waals surface area contributed by atoms with Crippen LogP contribution in [0.4, 0.5) is 8.78 Å². The highest BCUT2D eigenvalue weighted by atomic mass is 79.9. The molecular formula is C16H13BrCl2F2. The zero-order valence-electron chi connectivity index (χ0n) is 11.1. The molecule has 0 radical (unpaired) electrons. The summed E-state index contributed by atoms with van der Waals surface area (Å²) in [6, 6.07) is 10.9. The number of hydrogen-bond acceptors (Lipinski definition) is 0. The lowest BCUT2D eigenvalue weighted by molar-refractivity contribution is 0.525. The molecule has 0 aliphatic carbocycles. The molecule has 0 saturated heterocycles. The lowest BCUT2D eigenvalue weighted by atomic mass is 9.78. The zero-order valence-corrected chi connectivity index (χ0v) is 14.2. The van der Waals surface area contributed by atoms with E-state index >= 15 is 0 Å². The lowest BCUT2D eigenvalue weighted by Gasteiger charge is -2.30.